The highest BCUT2D eigenvalue weighted by molar-refractivity contribution is 5.82. The first-order valence-corrected chi connectivity index (χ1v) is 16.0. The molecule has 0 radical (unpaired) electrons. The molecule has 0 aliphatic carbocycles. The molecule has 0 bridgehead atoms. The first-order chi connectivity index (χ1) is 23.1. The van der Waals surface area contributed by atoms with Crippen LogP contribution in [0.2, 0.25) is 0 Å². The van der Waals surface area contributed by atoms with Crippen molar-refractivity contribution >= 4 is 24.1 Å². The highest BCUT2D eigenvalue weighted by Crippen LogP contribution is 2.29. The van der Waals surface area contributed by atoms with Gasteiger partial charge in [0.25, 0.3) is 0 Å². The summed E-state index contributed by atoms with van der Waals surface area (Å²) in [7, 11) is 1.61. The summed E-state index contributed by atoms with van der Waals surface area (Å²) in [4.78, 5) is 48.9. The Labute approximate surface area is 288 Å². The molecule has 0 atom stereocenters. The zero-order valence-corrected chi connectivity index (χ0v) is 29.5. The summed E-state index contributed by atoms with van der Waals surface area (Å²) in [5.41, 5.74) is 0.403. The monoisotopic (exact) mass is 690 g/mol. The number of aryl methyl sites for hydroxylation is 1. The molecule has 0 saturated carbocycles. The lowest BCUT2D eigenvalue weighted by atomic mass is 10.1. The molecule has 272 valence electrons. The van der Waals surface area contributed by atoms with E-state index in [4.69, 9.17) is 37.9 Å². The van der Waals surface area contributed by atoms with Crippen LogP contribution in [0.4, 0.5) is 9.59 Å². The van der Waals surface area contributed by atoms with E-state index >= 15 is 0 Å². The minimum atomic E-state index is -0.815. The molecule has 14 nitrogen and oxygen atoms in total. The largest absolute Gasteiger partial charge is 0.468 e. The van der Waals surface area contributed by atoms with Gasteiger partial charge in [0.05, 0.1) is 19.8 Å². The predicted molar refractivity (Wildman–Crippen MR) is 179 cm³/mol. The third-order valence-corrected chi connectivity index (χ3v) is 5.96. The summed E-state index contributed by atoms with van der Waals surface area (Å²) in [6, 6.07) is 12.5. The van der Waals surface area contributed by atoms with Crippen LogP contribution >= 0.6 is 0 Å². The van der Waals surface area contributed by atoms with E-state index in [1.54, 1.807) is 60.8 Å². The van der Waals surface area contributed by atoms with Crippen molar-refractivity contribution in [1.82, 2.24) is 10.6 Å². The highest BCUT2D eigenvalue weighted by atomic mass is 16.7. The molecule has 0 fully saturated rings. The maximum atomic E-state index is 12.6. The highest BCUT2D eigenvalue weighted by Gasteiger charge is 2.20. The maximum Gasteiger partial charge on any atom is 0.408 e. The number of benzene rings is 2. The minimum Gasteiger partial charge on any atom is -0.468 e. The van der Waals surface area contributed by atoms with Crippen molar-refractivity contribution in [2.75, 3.05) is 53.4 Å². The number of hydrogen-bond acceptors (Lipinski definition) is 12. The SMILES string of the molecule is COCCOCOc1ccc(CCOCCCc2ccc(OC(=O)CNC(=O)OC(C)(C)C)c(OC(=O)CNC(=O)OC(C)(C)C)c2)cc1. The van der Waals surface area contributed by atoms with Gasteiger partial charge in [-0.05, 0) is 96.2 Å². The van der Waals surface area contributed by atoms with Crippen molar-refractivity contribution in [1.29, 1.82) is 0 Å². The van der Waals surface area contributed by atoms with Crippen LogP contribution in [0.15, 0.2) is 42.5 Å². The Hall–Kier alpha value is -4.40. The van der Waals surface area contributed by atoms with E-state index in [2.05, 4.69) is 10.6 Å². The van der Waals surface area contributed by atoms with Gasteiger partial charge in [-0.15, -0.1) is 0 Å². The molecule has 2 rings (SSSR count). The zero-order valence-electron chi connectivity index (χ0n) is 29.5. The second-order valence-electron chi connectivity index (χ2n) is 12.7. The lowest BCUT2D eigenvalue weighted by Crippen LogP contribution is -2.37. The predicted octanol–water partition coefficient (Wildman–Crippen LogP) is 4.74. The molecule has 2 amide bonds. The molecule has 0 saturated heterocycles. The molecular formula is C35H50N2O12. The third-order valence-electron chi connectivity index (χ3n) is 5.96. The molecule has 14 heteroatoms. The van der Waals surface area contributed by atoms with E-state index in [9.17, 15) is 19.2 Å². The molecule has 49 heavy (non-hydrogen) atoms. The standard InChI is InChI=1S/C35H50N2O12/c1-34(2,3)48-32(40)36-22-30(38)46-28-15-12-26(21-29(28)47-31(39)23-37-33(41)49-35(4,5)6)9-8-17-43-18-16-25-10-13-27(14-11-25)45-24-44-20-19-42-7/h10-15,21H,8-9,16-20,22-24H2,1-7H3,(H,36,40)(H,37,41). The van der Waals surface area contributed by atoms with Crippen LogP contribution in [0.1, 0.15) is 59.1 Å². The second-order valence-corrected chi connectivity index (χ2v) is 12.7. The second kappa shape index (κ2) is 20.9. The first kappa shape index (κ1) is 40.8. The van der Waals surface area contributed by atoms with Gasteiger partial charge in [0.15, 0.2) is 18.3 Å². The van der Waals surface area contributed by atoms with Crippen molar-refractivity contribution in [2.24, 2.45) is 0 Å². The Morgan fingerprint density at radius 2 is 1.20 bits per heavy atom. The van der Waals surface area contributed by atoms with Crippen LogP contribution < -0.4 is 24.8 Å². The van der Waals surface area contributed by atoms with Crippen molar-refractivity contribution in [2.45, 2.75) is 72.0 Å². The molecule has 0 unspecified atom stereocenters. The number of carbonyl (C=O) groups is 4. The fraction of sp³-hybridized carbons (Fsp3) is 0.543. The number of alkyl carbamates (subject to hydrolysis) is 2. The fourth-order valence-electron chi connectivity index (χ4n) is 3.84. The fourth-order valence-corrected chi connectivity index (χ4v) is 3.84. The third kappa shape index (κ3) is 19.3. The molecule has 0 spiro atoms. The van der Waals surface area contributed by atoms with Gasteiger partial charge >= 0.3 is 24.1 Å². The number of esters is 2. The number of hydrogen-bond donors (Lipinski definition) is 2. The van der Waals surface area contributed by atoms with Gasteiger partial charge < -0.3 is 48.5 Å². The average molecular weight is 691 g/mol. The normalized spacial score (nSPS) is 11.3. The summed E-state index contributed by atoms with van der Waals surface area (Å²) < 4.78 is 42.7. The lowest BCUT2D eigenvalue weighted by Gasteiger charge is -2.19. The Balaban J connectivity index is 1.90. The first-order valence-electron chi connectivity index (χ1n) is 16.0. The topological polar surface area (TPSA) is 166 Å². The Morgan fingerprint density at radius 1 is 0.633 bits per heavy atom. The number of methoxy groups -OCH3 is 1. The van der Waals surface area contributed by atoms with Crippen molar-refractivity contribution in [3.05, 3.63) is 53.6 Å². The lowest BCUT2D eigenvalue weighted by molar-refractivity contribution is -0.136. The van der Waals surface area contributed by atoms with Gasteiger partial charge in [-0.2, -0.15) is 0 Å². The van der Waals surface area contributed by atoms with Crippen LogP contribution in [-0.4, -0.2) is 88.7 Å². The smallest absolute Gasteiger partial charge is 0.408 e. The van der Waals surface area contributed by atoms with Crippen molar-refractivity contribution in [3.63, 3.8) is 0 Å². The van der Waals surface area contributed by atoms with Crippen LogP contribution in [0.25, 0.3) is 0 Å². The summed E-state index contributed by atoms with van der Waals surface area (Å²) in [6.45, 7) is 11.3. The summed E-state index contributed by atoms with van der Waals surface area (Å²) in [5, 5.41) is 4.65. The summed E-state index contributed by atoms with van der Waals surface area (Å²) in [6.07, 6.45) is 0.398. The number of amides is 2. The van der Waals surface area contributed by atoms with E-state index < -0.39 is 48.4 Å². The number of nitrogens with one attached hydrogen (secondary N) is 2. The van der Waals surface area contributed by atoms with Crippen LogP contribution in [0, 0.1) is 0 Å². The molecule has 2 aromatic carbocycles. The average Bonchev–Trinajstić information content (AvgIpc) is 3.01. The molecule has 0 aliphatic rings. The van der Waals surface area contributed by atoms with Crippen LogP contribution in [0.3, 0.4) is 0 Å². The van der Waals surface area contributed by atoms with E-state index in [1.807, 2.05) is 24.3 Å². The molecule has 2 N–H and O–H groups in total. The number of carbonyl (C=O) groups excluding carboxylic acids is 4. The van der Waals surface area contributed by atoms with Crippen molar-refractivity contribution in [3.8, 4) is 17.2 Å². The van der Waals surface area contributed by atoms with E-state index in [0.717, 1.165) is 17.5 Å². The van der Waals surface area contributed by atoms with Crippen LogP contribution in [0.5, 0.6) is 17.2 Å². The number of rotatable bonds is 19. The van der Waals surface area contributed by atoms with Crippen molar-refractivity contribution < 1.29 is 57.1 Å². The molecular weight excluding hydrogens is 640 g/mol. The Bertz CT molecular complexity index is 1330. The Kier molecular flexibility index (Phi) is 17.4. The van der Waals surface area contributed by atoms with Gasteiger partial charge in [-0.3, -0.25) is 0 Å². The molecule has 0 aliphatic heterocycles. The van der Waals surface area contributed by atoms with Gasteiger partial charge in [-0.25, -0.2) is 19.2 Å². The zero-order chi connectivity index (χ0) is 36.3. The molecule has 2 aromatic rings. The van der Waals surface area contributed by atoms with Crippen LogP contribution in [-0.2, 0) is 46.1 Å². The van der Waals surface area contributed by atoms with Gasteiger partial charge in [0.1, 0.15) is 30.0 Å². The molecule has 0 aromatic heterocycles. The quantitative estimate of drug-likeness (QED) is 0.0902. The minimum absolute atomic E-state index is 0.0333. The molecule has 0 heterocycles. The summed E-state index contributed by atoms with van der Waals surface area (Å²) in [5.74, 6) is -0.994. The van der Waals surface area contributed by atoms with Gasteiger partial charge in [0, 0.05) is 13.7 Å². The Morgan fingerprint density at radius 3 is 1.78 bits per heavy atom. The van der Waals surface area contributed by atoms with Gasteiger partial charge in [-0.1, -0.05) is 18.2 Å². The van der Waals surface area contributed by atoms with Gasteiger partial charge in [0.2, 0.25) is 0 Å². The van der Waals surface area contributed by atoms with E-state index in [0.29, 0.717) is 45.0 Å². The van der Waals surface area contributed by atoms with E-state index in [1.165, 1.54) is 6.07 Å². The van der Waals surface area contributed by atoms with E-state index in [-0.39, 0.29) is 18.3 Å². The summed E-state index contributed by atoms with van der Waals surface area (Å²) >= 11 is 0. The maximum absolute atomic E-state index is 12.6. The number of ether oxygens (including phenoxy) is 8.